The summed E-state index contributed by atoms with van der Waals surface area (Å²) in [6.07, 6.45) is 0. The number of aryl methyl sites for hydroxylation is 2. The molecule has 28 heavy (non-hydrogen) atoms. The van der Waals surface area contributed by atoms with Crippen LogP contribution in [0.5, 0.6) is 5.75 Å². The van der Waals surface area contributed by atoms with E-state index in [-0.39, 0.29) is 11.9 Å². The van der Waals surface area contributed by atoms with E-state index in [1.807, 2.05) is 67.1 Å². The third kappa shape index (κ3) is 3.55. The molecule has 1 aromatic heterocycles. The Labute approximate surface area is 167 Å². The van der Waals surface area contributed by atoms with E-state index in [9.17, 15) is 4.79 Å². The van der Waals surface area contributed by atoms with E-state index in [1.165, 1.54) is 11.8 Å². The number of methoxy groups -OCH3 is 1. The predicted octanol–water partition coefficient (Wildman–Crippen LogP) is 3.30. The van der Waals surface area contributed by atoms with Gasteiger partial charge in [0, 0.05) is 5.69 Å². The quantitative estimate of drug-likeness (QED) is 0.706. The van der Waals surface area contributed by atoms with Gasteiger partial charge in [0.25, 0.3) is 0 Å². The van der Waals surface area contributed by atoms with Crippen molar-refractivity contribution >= 4 is 23.4 Å². The fourth-order valence-corrected chi connectivity index (χ4v) is 4.28. The molecule has 0 bridgehead atoms. The van der Waals surface area contributed by atoms with Crippen LogP contribution in [0.4, 0.5) is 5.69 Å². The van der Waals surface area contributed by atoms with E-state index in [4.69, 9.17) is 4.74 Å². The molecule has 144 valence electrons. The third-order valence-corrected chi connectivity index (χ3v) is 5.83. The minimum atomic E-state index is -0.412. The number of carbonyl (C=O) groups is 1. The summed E-state index contributed by atoms with van der Waals surface area (Å²) in [4.78, 5) is 13.1. The number of nitrogens with one attached hydrogen (secondary N) is 2. The zero-order valence-corrected chi connectivity index (χ0v) is 16.7. The molecule has 0 saturated carbocycles. The Morgan fingerprint density at radius 3 is 2.68 bits per heavy atom. The first-order valence-electron chi connectivity index (χ1n) is 8.92. The lowest BCUT2D eigenvalue weighted by Gasteiger charge is -2.32. The number of benzene rings is 2. The standard InChI is InChI=1S/C20H21N5O2S/c1-12-5-4-6-15(11-12)21-19(26)18-17(14-7-9-16(27-3)10-8-14)24-25-13(2)22-23-20(25)28-18/h4-11,17-18,24H,1-3H3,(H,21,26)/t17-,18-/m1/s1. The lowest BCUT2D eigenvalue weighted by Crippen LogP contribution is -2.41. The highest BCUT2D eigenvalue weighted by atomic mass is 32.2. The van der Waals surface area contributed by atoms with Gasteiger partial charge >= 0.3 is 0 Å². The molecular weight excluding hydrogens is 374 g/mol. The molecule has 7 nitrogen and oxygen atoms in total. The van der Waals surface area contributed by atoms with Crippen LogP contribution in [0.1, 0.15) is 23.0 Å². The number of ether oxygens (including phenoxy) is 1. The Morgan fingerprint density at radius 1 is 1.18 bits per heavy atom. The van der Waals surface area contributed by atoms with Crippen LogP contribution in [0.15, 0.2) is 53.7 Å². The maximum Gasteiger partial charge on any atom is 0.240 e. The molecule has 2 atom stereocenters. The molecule has 0 unspecified atom stereocenters. The van der Waals surface area contributed by atoms with Crippen LogP contribution in [0, 0.1) is 13.8 Å². The third-order valence-electron chi connectivity index (χ3n) is 4.62. The topological polar surface area (TPSA) is 81.1 Å². The molecule has 3 aromatic rings. The summed E-state index contributed by atoms with van der Waals surface area (Å²) >= 11 is 1.41. The number of anilines is 1. The van der Waals surface area contributed by atoms with Gasteiger partial charge in [0.1, 0.15) is 16.8 Å². The van der Waals surface area contributed by atoms with Crippen molar-refractivity contribution in [1.82, 2.24) is 14.9 Å². The van der Waals surface area contributed by atoms with Crippen molar-refractivity contribution in [2.45, 2.75) is 30.3 Å². The van der Waals surface area contributed by atoms with Crippen LogP contribution in [0.3, 0.4) is 0 Å². The normalized spacial score (nSPS) is 18.1. The van der Waals surface area contributed by atoms with Crippen molar-refractivity contribution in [2.75, 3.05) is 17.9 Å². The molecular formula is C20H21N5O2S. The van der Waals surface area contributed by atoms with Crippen molar-refractivity contribution < 1.29 is 9.53 Å². The van der Waals surface area contributed by atoms with Gasteiger partial charge in [0.2, 0.25) is 11.1 Å². The summed E-state index contributed by atoms with van der Waals surface area (Å²) in [6.45, 7) is 3.88. The van der Waals surface area contributed by atoms with Crippen LogP contribution in [0.2, 0.25) is 0 Å². The highest BCUT2D eigenvalue weighted by Crippen LogP contribution is 2.37. The molecule has 2 N–H and O–H groups in total. The number of hydrogen-bond donors (Lipinski definition) is 2. The van der Waals surface area contributed by atoms with Gasteiger partial charge in [-0.05, 0) is 49.2 Å². The average molecular weight is 395 g/mol. The Bertz CT molecular complexity index is 1000. The number of fused-ring (bicyclic) bond motifs is 1. The van der Waals surface area contributed by atoms with Crippen molar-refractivity contribution in [2.24, 2.45) is 0 Å². The molecule has 0 spiro atoms. The van der Waals surface area contributed by atoms with Crippen molar-refractivity contribution in [3.63, 3.8) is 0 Å². The van der Waals surface area contributed by atoms with Crippen molar-refractivity contribution in [1.29, 1.82) is 0 Å². The van der Waals surface area contributed by atoms with E-state index >= 15 is 0 Å². The summed E-state index contributed by atoms with van der Waals surface area (Å²) in [5.74, 6) is 1.43. The summed E-state index contributed by atoms with van der Waals surface area (Å²) in [6, 6.07) is 15.2. The van der Waals surface area contributed by atoms with Crippen LogP contribution >= 0.6 is 11.8 Å². The van der Waals surface area contributed by atoms with Gasteiger partial charge in [-0.15, -0.1) is 10.2 Å². The second-order valence-electron chi connectivity index (χ2n) is 6.64. The molecule has 0 aliphatic carbocycles. The molecule has 4 rings (SSSR count). The molecule has 8 heteroatoms. The molecule has 1 aliphatic rings. The fourth-order valence-electron chi connectivity index (χ4n) is 3.16. The molecule has 0 radical (unpaired) electrons. The van der Waals surface area contributed by atoms with Crippen molar-refractivity contribution in [3.8, 4) is 5.75 Å². The fraction of sp³-hybridized carbons (Fsp3) is 0.250. The first kappa shape index (κ1) is 18.4. The maximum absolute atomic E-state index is 13.1. The lowest BCUT2D eigenvalue weighted by molar-refractivity contribution is -0.116. The first-order chi connectivity index (χ1) is 13.5. The summed E-state index contributed by atoms with van der Waals surface area (Å²) in [7, 11) is 1.63. The minimum Gasteiger partial charge on any atom is -0.497 e. The van der Waals surface area contributed by atoms with Crippen LogP contribution in [0.25, 0.3) is 0 Å². The Kier molecular flexibility index (Phi) is 4.95. The van der Waals surface area contributed by atoms with E-state index in [0.29, 0.717) is 5.16 Å². The molecule has 2 heterocycles. The zero-order valence-electron chi connectivity index (χ0n) is 15.8. The number of hydrogen-bond acceptors (Lipinski definition) is 6. The largest absolute Gasteiger partial charge is 0.497 e. The SMILES string of the molecule is COc1ccc([C@H]2Nn3c(C)nnc3S[C@H]2C(=O)Nc2cccc(C)c2)cc1. The number of amides is 1. The van der Waals surface area contributed by atoms with E-state index in [0.717, 1.165) is 28.4 Å². The lowest BCUT2D eigenvalue weighted by atomic mass is 10.0. The summed E-state index contributed by atoms with van der Waals surface area (Å²) < 4.78 is 7.08. The Balaban J connectivity index is 1.65. The van der Waals surface area contributed by atoms with E-state index in [2.05, 4.69) is 20.9 Å². The van der Waals surface area contributed by atoms with Gasteiger partial charge in [0.15, 0.2) is 0 Å². The number of aromatic nitrogens is 3. The molecule has 0 fully saturated rings. The summed E-state index contributed by atoms with van der Waals surface area (Å²) in [5.41, 5.74) is 6.25. The number of carbonyl (C=O) groups excluding carboxylic acids is 1. The van der Waals surface area contributed by atoms with Gasteiger partial charge in [0.05, 0.1) is 13.2 Å². The molecule has 0 saturated heterocycles. The maximum atomic E-state index is 13.1. The van der Waals surface area contributed by atoms with Gasteiger partial charge in [-0.25, -0.2) is 4.68 Å². The van der Waals surface area contributed by atoms with Gasteiger partial charge in [-0.1, -0.05) is 36.0 Å². The second-order valence-corrected chi connectivity index (χ2v) is 7.75. The monoisotopic (exact) mass is 395 g/mol. The van der Waals surface area contributed by atoms with E-state index in [1.54, 1.807) is 7.11 Å². The number of thioether (sulfide) groups is 1. The molecule has 1 aliphatic heterocycles. The average Bonchev–Trinajstić information content (AvgIpc) is 3.07. The van der Waals surface area contributed by atoms with Crippen LogP contribution in [-0.2, 0) is 4.79 Å². The second kappa shape index (κ2) is 7.55. The number of nitrogens with zero attached hydrogens (tertiary/aromatic N) is 3. The zero-order chi connectivity index (χ0) is 19.7. The first-order valence-corrected chi connectivity index (χ1v) is 9.80. The number of rotatable bonds is 4. The van der Waals surface area contributed by atoms with Gasteiger partial charge in [-0.3, -0.25) is 4.79 Å². The van der Waals surface area contributed by atoms with Crippen LogP contribution < -0.4 is 15.5 Å². The van der Waals surface area contributed by atoms with Crippen molar-refractivity contribution in [3.05, 3.63) is 65.5 Å². The highest BCUT2D eigenvalue weighted by Gasteiger charge is 2.37. The molecule has 1 amide bonds. The Morgan fingerprint density at radius 2 is 1.96 bits per heavy atom. The van der Waals surface area contributed by atoms with Gasteiger partial charge in [-0.2, -0.15) is 0 Å². The van der Waals surface area contributed by atoms with Gasteiger partial charge < -0.3 is 15.5 Å². The Hall–Kier alpha value is -3.00. The molecule has 2 aromatic carbocycles. The predicted molar refractivity (Wildman–Crippen MR) is 109 cm³/mol. The van der Waals surface area contributed by atoms with Crippen LogP contribution in [-0.4, -0.2) is 33.1 Å². The highest BCUT2D eigenvalue weighted by molar-refractivity contribution is 8.00. The smallest absolute Gasteiger partial charge is 0.240 e. The minimum absolute atomic E-state index is 0.0872. The van der Waals surface area contributed by atoms with E-state index < -0.39 is 5.25 Å². The summed E-state index contributed by atoms with van der Waals surface area (Å²) in [5, 5.41) is 11.6.